The second-order valence-corrected chi connectivity index (χ2v) is 4.99. The standard InChI is InChI=1S/C11H20N2O2/c1-6(2)10(12)11(14)13-8-5-7-3-4-9(8)15-7/h6-10H,3-5,12H2,1-2H3,(H,13,14). The Hall–Kier alpha value is -0.610. The minimum atomic E-state index is -0.399. The molecule has 86 valence electrons. The van der Waals surface area contributed by atoms with E-state index in [0.717, 1.165) is 19.3 Å². The highest BCUT2D eigenvalue weighted by Gasteiger charge is 2.41. The zero-order valence-corrected chi connectivity index (χ0v) is 9.40. The topological polar surface area (TPSA) is 64.4 Å². The van der Waals surface area contributed by atoms with Gasteiger partial charge in [0.15, 0.2) is 0 Å². The SMILES string of the molecule is CC(C)C(N)C(=O)NC1CC2CCC1O2. The van der Waals surface area contributed by atoms with Gasteiger partial charge in [-0.05, 0) is 25.2 Å². The molecule has 4 heteroatoms. The minimum absolute atomic E-state index is 0.0360. The van der Waals surface area contributed by atoms with Crippen LogP contribution < -0.4 is 11.1 Å². The van der Waals surface area contributed by atoms with Crippen molar-refractivity contribution < 1.29 is 9.53 Å². The van der Waals surface area contributed by atoms with Gasteiger partial charge in [0.1, 0.15) is 0 Å². The van der Waals surface area contributed by atoms with Crippen molar-refractivity contribution in [1.29, 1.82) is 0 Å². The molecule has 2 saturated heterocycles. The van der Waals surface area contributed by atoms with Crippen LogP contribution in [-0.2, 0) is 9.53 Å². The van der Waals surface area contributed by atoms with Crippen LogP contribution in [0.2, 0.25) is 0 Å². The molecule has 0 aromatic rings. The molecule has 0 aromatic carbocycles. The molecule has 1 amide bonds. The van der Waals surface area contributed by atoms with E-state index in [9.17, 15) is 4.79 Å². The van der Waals surface area contributed by atoms with Crippen LogP contribution in [0.1, 0.15) is 33.1 Å². The molecule has 0 radical (unpaired) electrons. The maximum Gasteiger partial charge on any atom is 0.237 e. The number of fused-ring (bicyclic) bond motifs is 2. The first-order valence-electron chi connectivity index (χ1n) is 5.79. The molecule has 2 fully saturated rings. The van der Waals surface area contributed by atoms with Crippen LogP contribution in [0.25, 0.3) is 0 Å². The Bertz CT molecular complexity index is 255. The van der Waals surface area contributed by atoms with Crippen molar-refractivity contribution in [3.63, 3.8) is 0 Å². The van der Waals surface area contributed by atoms with Crippen LogP contribution in [0, 0.1) is 5.92 Å². The van der Waals surface area contributed by atoms with Crippen molar-refractivity contribution in [3.8, 4) is 0 Å². The fourth-order valence-corrected chi connectivity index (χ4v) is 2.37. The molecule has 0 aromatic heterocycles. The number of carbonyl (C=O) groups is 1. The van der Waals surface area contributed by atoms with Crippen molar-refractivity contribution in [2.24, 2.45) is 11.7 Å². The lowest BCUT2D eigenvalue weighted by Crippen LogP contribution is -2.50. The van der Waals surface area contributed by atoms with Crippen LogP contribution >= 0.6 is 0 Å². The van der Waals surface area contributed by atoms with Gasteiger partial charge in [-0.25, -0.2) is 0 Å². The van der Waals surface area contributed by atoms with Gasteiger partial charge in [0.25, 0.3) is 0 Å². The highest BCUT2D eigenvalue weighted by Crippen LogP contribution is 2.34. The second-order valence-electron chi connectivity index (χ2n) is 4.99. The van der Waals surface area contributed by atoms with E-state index in [1.807, 2.05) is 13.8 Å². The normalized spacial score (nSPS) is 35.9. The second kappa shape index (κ2) is 4.10. The summed E-state index contributed by atoms with van der Waals surface area (Å²) in [5.74, 6) is 0.149. The molecule has 2 rings (SSSR count). The number of nitrogens with one attached hydrogen (secondary N) is 1. The predicted molar refractivity (Wildman–Crippen MR) is 57.3 cm³/mol. The Kier molecular flexibility index (Phi) is 2.98. The number of hydrogen-bond acceptors (Lipinski definition) is 3. The summed E-state index contributed by atoms with van der Waals surface area (Å²) < 4.78 is 5.67. The van der Waals surface area contributed by atoms with Crippen LogP contribution in [0.5, 0.6) is 0 Å². The lowest BCUT2D eigenvalue weighted by Gasteiger charge is -2.23. The number of amides is 1. The zero-order valence-electron chi connectivity index (χ0n) is 9.40. The third-order valence-corrected chi connectivity index (χ3v) is 3.45. The van der Waals surface area contributed by atoms with Gasteiger partial charge in [-0.1, -0.05) is 13.8 Å². The molecular formula is C11H20N2O2. The molecule has 4 unspecified atom stereocenters. The van der Waals surface area contributed by atoms with E-state index in [0.29, 0.717) is 6.10 Å². The smallest absolute Gasteiger partial charge is 0.237 e. The minimum Gasteiger partial charge on any atom is -0.373 e. The molecular weight excluding hydrogens is 192 g/mol. The molecule has 2 aliphatic heterocycles. The quantitative estimate of drug-likeness (QED) is 0.712. The molecule has 0 aliphatic carbocycles. The molecule has 4 nitrogen and oxygen atoms in total. The van der Waals surface area contributed by atoms with Gasteiger partial charge in [-0.2, -0.15) is 0 Å². The van der Waals surface area contributed by atoms with Crippen LogP contribution in [0.4, 0.5) is 0 Å². The molecule has 15 heavy (non-hydrogen) atoms. The molecule has 2 aliphatic rings. The molecule has 0 saturated carbocycles. The zero-order chi connectivity index (χ0) is 11.0. The van der Waals surface area contributed by atoms with E-state index in [2.05, 4.69) is 5.32 Å². The molecule has 4 atom stereocenters. The molecule has 0 spiro atoms. The van der Waals surface area contributed by atoms with Crippen molar-refractivity contribution in [3.05, 3.63) is 0 Å². The van der Waals surface area contributed by atoms with Crippen molar-refractivity contribution in [1.82, 2.24) is 5.32 Å². The number of hydrogen-bond donors (Lipinski definition) is 2. The van der Waals surface area contributed by atoms with Gasteiger partial charge in [0, 0.05) is 0 Å². The Labute approximate surface area is 90.5 Å². The van der Waals surface area contributed by atoms with E-state index in [1.54, 1.807) is 0 Å². The number of rotatable bonds is 3. The summed E-state index contributed by atoms with van der Waals surface area (Å²) in [5.41, 5.74) is 5.78. The summed E-state index contributed by atoms with van der Waals surface area (Å²) >= 11 is 0. The Morgan fingerprint density at radius 2 is 2.20 bits per heavy atom. The van der Waals surface area contributed by atoms with Gasteiger partial charge in [0.05, 0.1) is 24.3 Å². The van der Waals surface area contributed by atoms with Gasteiger partial charge < -0.3 is 15.8 Å². The summed E-state index contributed by atoms with van der Waals surface area (Å²) in [7, 11) is 0. The highest BCUT2D eigenvalue weighted by atomic mass is 16.5. The summed E-state index contributed by atoms with van der Waals surface area (Å²) in [6, 6.07) is -0.204. The van der Waals surface area contributed by atoms with E-state index in [-0.39, 0.29) is 24.0 Å². The van der Waals surface area contributed by atoms with Crippen LogP contribution in [-0.4, -0.2) is 30.2 Å². The van der Waals surface area contributed by atoms with Crippen molar-refractivity contribution in [2.45, 2.75) is 57.4 Å². The highest BCUT2D eigenvalue weighted by molar-refractivity contribution is 5.82. The Morgan fingerprint density at radius 1 is 1.47 bits per heavy atom. The monoisotopic (exact) mass is 212 g/mol. The average Bonchev–Trinajstić information content (AvgIpc) is 2.77. The van der Waals surface area contributed by atoms with Crippen LogP contribution in [0.15, 0.2) is 0 Å². The number of nitrogens with two attached hydrogens (primary N) is 1. The fourth-order valence-electron chi connectivity index (χ4n) is 2.37. The number of ether oxygens (including phenoxy) is 1. The average molecular weight is 212 g/mol. The molecule has 2 heterocycles. The lowest BCUT2D eigenvalue weighted by atomic mass is 9.94. The first-order chi connectivity index (χ1) is 7.08. The third kappa shape index (κ3) is 2.16. The van der Waals surface area contributed by atoms with E-state index >= 15 is 0 Å². The lowest BCUT2D eigenvalue weighted by molar-refractivity contribution is -0.124. The van der Waals surface area contributed by atoms with E-state index < -0.39 is 6.04 Å². The summed E-state index contributed by atoms with van der Waals surface area (Å²) in [6.07, 6.45) is 3.79. The maximum absolute atomic E-state index is 11.7. The van der Waals surface area contributed by atoms with E-state index in [4.69, 9.17) is 10.5 Å². The van der Waals surface area contributed by atoms with Gasteiger partial charge in [-0.3, -0.25) is 4.79 Å². The fraction of sp³-hybridized carbons (Fsp3) is 0.909. The van der Waals surface area contributed by atoms with Gasteiger partial charge in [0.2, 0.25) is 5.91 Å². The first kappa shape index (κ1) is 10.9. The third-order valence-electron chi connectivity index (χ3n) is 3.45. The van der Waals surface area contributed by atoms with Gasteiger partial charge >= 0.3 is 0 Å². The van der Waals surface area contributed by atoms with E-state index in [1.165, 1.54) is 0 Å². The summed E-state index contributed by atoms with van der Waals surface area (Å²) in [5, 5.41) is 3.00. The van der Waals surface area contributed by atoms with Gasteiger partial charge in [-0.15, -0.1) is 0 Å². The van der Waals surface area contributed by atoms with Crippen LogP contribution in [0.3, 0.4) is 0 Å². The maximum atomic E-state index is 11.7. The Morgan fingerprint density at radius 3 is 2.67 bits per heavy atom. The molecule has 3 N–H and O–H groups in total. The first-order valence-corrected chi connectivity index (χ1v) is 5.79. The summed E-state index contributed by atoms with van der Waals surface area (Å²) in [4.78, 5) is 11.7. The predicted octanol–water partition coefficient (Wildman–Crippen LogP) is 0.406. The summed E-state index contributed by atoms with van der Waals surface area (Å²) in [6.45, 7) is 3.92. The van der Waals surface area contributed by atoms with Crippen molar-refractivity contribution >= 4 is 5.91 Å². The van der Waals surface area contributed by atoms with Crippen molar-refractivity contribution in [2.75, 3.05) is 0 Å². The molecule has 2 bridgehead atoms. The number of carbonyl (C=O) groups excluding carboxylic acids is 1. The Balaban J connectivity index is 1.85. The largest absolute Gasteiger partial charge is 0.373 e.